The summed E-state index contributed by atoms with van der Waals surface area (Å²) in [6, 6.07) is 3.61. The van der Waals surface area contributed by atoms with Crippen molar-refractivity contribution >= 4 is 16.9 Å². The highest BCUT2D eigenvalue weighted by molar-refractivity contribution is 6.05. The lowest BCUT2D eigenvalue weighted by Crippen LogP contribution is -2.33. The molecule has 4 rings (SSSR count). The number of pyridine rings is 1. The topological polar surface area (TPSA) is 96.9 Å². The molecule has 7 nitrogen and oxygen atoms in total. The lowest BCUT2D eigenvalue weighted by atomic mass is 10.1. The molecule has 1 aromatic carbocycles. The van der Waals surface area contributed by atoms with Crippen LogP contribution in [0, 0.1) is 5.82 Å². The largest absolute Gasteiger partial charge is 0.416 e. The Kier molecular flexibility index (Phi) is 5.35. The van der Waals surface area contributed by atoms with Crippen LogP contribution >= 0.6 is 0 Å². The molecular formula is C21H18F4N4O3. The number of carbonyl (C=O) groups excluding carboxylic acids is 1. The standard InChI is InChI=1S/C21H18F4N4O3/c1-2-29-17-16(19(31)28-20(29)32)13(8-15(27-17)10-3-4-10)18(30)26-9-11-5-6-12(22)7-14(11)21(23,24)25/h5-8,10H,2-4,9H2,1H3,(H,26,30)(H,28,31,32). The van der Waals surface area contributed by atoms with Gasteiger partial charge in [0.2, 0.25) is 0 Å². The number of halogens is 4. The van der Waals surface area contributed by atoms with E-state index in [0.717, 1.165) is 25.0 Å². The summed E-state index contributed by atoms with van der Waals surface area (Å²) >= 11 is 0. The lowest BCUT2D eigenvalue weighted by molar-refractivity contribution is -0.138. The van der Waals surface area contributed by atoms with E-state index in [0.29, 0.717) is 11.8 Å². The lowest BCUT2D eigenvalue weighted by Gasteiger charge is -2.15. The minimum atomic E-state index is -4.81. The van der Waals surface area contributed by atoms with Crippen LogP contribution in [0.25, 0.3) is 11.0 Å². The number of amides is 1. The number of hydrogen-bond acceptors (Lipinski definition) is 4. The van der Waals surface area contributed by atoms with E-state index >= 15 is 0 Å². The molecule has 0 bridgehead atoms. The summed E-state index contributed by atoms with van der Waals surface area (Å²) in [5, 5.41) is 2.25. The van der Waals surface area contributed by atoms with Crippen molar-refractivity contribution in [2.45, 2.75) is 44.9 Å². The second-order valence-corrected chi connectivity index (χ2v) is 7.55. The van der Waals surface area contributed by atoms with E-state index < -0.39 is 41.3 Å². The van der Waals surface area contributed by atoms with Crippen molar-refractivity contribution in [2.24, 2.45) is 0 Å². The van der Waals surface area contributed by atoms with Crippen molar-refractivity contribution in [1.82, 2.24) is 19.9 Å². The first-order valence-electron chi connectivity index (χ1n) is 9.91. The first-order chi connectivity index (χ1) is 15.1. The highest BCUT2D eigenvalue weighted by atomic mass is 19.4. The highest BCUT2D eigenvalue weighted by Crippen LogP contribution is 2.40. The second-order valence-electron chi connectivity index (χ2n) is 7.55. The van der Waals surface area contributed by atoms with Gasteiger partial charge < -0.3 is 5.32 Å². The summed E-state index contributed by atoms with van der Waals surface area (Å²) in [4.78, 5) is 44.2. The normalized spacial score (nSPS) is 14.0. The van der Waals surface area contributed by atoms with Gasteiger partial charge in [0, 0.05) is 24.7 Å². The molecule has 2 N–H and O–H groups in total. The average molecular weight is 450 g/mol. The fraction of sp³-hybridized carbons (Fsp3) is 0.333. The molecule has 1 fully saturated rings. The Morgan fingerprint density at radius 2 is 1.97 bits per heavy atom. The molecule has 168 valence electrons. The maximum absolute atomic E-state index is 13.3. The Labute approximate surface area is 178 Å². The number of aryl methyl sites for hydroxylation is 1. The van der Waals surface area contributed by atoms with Gasteiger partial charge in [0.25, 0.3) is 11.5 Å². The van der Waals surface area contributed by atoms with Crippen LogP contribution in [0.4, 0.5) is 17.6 Å². The molecule has 0 radical (unpaired) electrons. The summed E-state index contributed by atoms with van der Waals surface area (Å²) in [6.45, 7) is 1.33. The molecule has 11 heteroatoms. The quantitative estimate of drug-likeness (QED) is 0.584. The Morgan fingerprint density at radius 3 is 2.59 bits per heavy atom. The zero-order valence-corrected chi connectivity index (χ0v) is 16.8. The number of nitrogens with one attached hydrogen (secondary N) is 2. The summed E-state index contributed by atoms with van der Waals surface area (Å²) in [7, 11) is 0. The molecule has 1 aliphatic carbocycles. The number of H-pyrrole nitrogens is 1. The van der Waals surface area contributed by atoms with Crippen LogP contribution in [-0.2, 0) is 19.3 Å². The number of benzene rings is 1. The molecule has 1 amide bonds. The third-order valence-corrected chi connectivity index (χ3v) is 5.34. The van der Waals surface area contributed by atoms with Crippen LogP contribution in [-0.4, -0.2) is 20.4 Å². The van der Waals surface area contributed by atoms with E-state index in [-0.39, 0.29) is 34.6 Å². The van der Waals surface area contributed by atoms with E-state index in [9.17, 15) is 31.9 Å². The Hall–Kier alpha value is -3.50. The molecule has 3 aromatic rings. The fourth-order valence-corrected chi connectivity index (χ4v) is 3.59. The number of rotatable bonds is 5. The van der Waals surface area contributed by atoms with Crippen molar-refractivity contribution < 1.29 is 22.4 Å². The van der Waals surface area contributed by atoms with E-state index in [4.69, 9.17) is 0 Å². The van der Waals surface area contributed by atoms with Crippen molar-refractivity contribution in [3.05, 3.63) is 73.3 Å². The molecular weight excluding hydrogens is 432 g/mol. The molecule has 32 heavy (non-hydrogen) atoms. The van der Waals surface area contributed by atoms with Crippen LogP contribution in [0.5, 0.6) is 0 Å². The molecule has 2 heterocycles. The SMILES string of the molecule is CCn1c(=O)[nH]c(=O)c2c(C(=O)NCc3ccc(F)cc3C(F)(F)F)cc(C3CC3)nc21. The molecule has 0 atom stereocenters. The van der Waals surface area contributed by atoms with Gasteiger partial charge in [-0.2, -0.15) is 13.2 Å². The number of nitrogens with zero attached hydrogens (tertiary/aromatic N) is 2. The van der Waals surface area contributed by atoms with Crippen LogP contribution in [0.3, 0.4) is 0 Å². The first-order valence-corrected chi connectivity index (χ1v) is 9.91. The monoisotopic (exact) mass is 450 g/mol. The Bertz CT molecular complexity index is 1340. The van der Waals surface area contributed by atoms with E-state index in [1.807, 2.05) is 0 Å². The predicted molar refractivity (Wildman–Crippen MR) is 107 cm³/mol. The van der Waals surface area contributed by atoms with E-state index in [1.165, 1.54) is 10.6 Å². The van der Waals surface area contributed by atoms with Crippen molar-refractivity contribution in [1.29, 1.82) is 0 Å². The number of fused-ring (bicyclic) bond motifs is 1. The molecule has 0 aliphatic heterocycles. The minimum absolute atomic E-state index is 0.0496. The number of carbonyl (C=O) groups is 1. The van der Waals surface area contributed by atoms with Gasteiger partial charge in [-0.05, 0) is 43.5 Å². The molecule has 1 saturated carbocycles. The number of alkyl halides is 3. The van der Waals surface area contributed by atoms with Crippen LogP contribution in [0.15, 0.2) is 33.9 Å². The fourth-order valence-electron chi connectivity index (χ4n) is 3.59. The zero-order valence-electron chi connectivity index (χ0n) is 16.8. The van der Waals surface area contributed by atoms with Crippen molar-refractivity contribution in [3.8, 4) is 0 Å². The van der Waals surface area contributed by atoms with Gasteiger partial charge in [-0.15, -0.1) is 0 Å². The van der Waals surface area contributed by atoms with Crippen LogP contribution in [0.1, 0.15) is 52.9 Å². The summed E-state index contributed by atoms with van der Waals surface area (Å²) in [5.41, 5.74) is -2.51. The number of aromatic nitrogens is 3. The summed E-state index contributed by atoms with van der Waals surface area (Å²) in [6.07, 6.45) is -3.13. The third kappa shape index (κ3) is 4.02. The van der Waals surface area contributed by atoms with Gasteiger partial charge >= 0.3 is 11.9 Å². The molecule has 0 unspecified atom stereocenters. The van der Waals surface area contributed by atoms with Gasteiger partial charge in [0.15, 0.2) is 5.65 Å². The van der Waals surface area contributed by atoms with Gasteiger partial charge in [-0.25, -0.2) is 14.2 Å². The van der Waals surface area contributed by atoms with Gasteiger partial charge in [0.1, 0.15) is 5.82 Å². The highest BCUT2D eigenvalue weighted by Gasteiger charge is 2.34. The maximum atomic E-state index is 13.3. The Balaban J connectivity index is 1.77. The van der Waals surface area contributed by atoms with Crippen molar-refractivity contribution in [2.75, 3.05) is 0 Å². The summed E-state index contributed by atoms with van der Waals surface area (Å²) < 4.78 is 54.3. The molecule has 0 spiro atoms. The van der Waals surface area contributed by atoms with E-state index in [2.05, 4.69) is 15.3 Å². The Morgan fingerprint density at radius 1 is 1.25 bits per heavy atom. The molecule has 2 aromatic heterocycles. The number of aromatic amines is 1. The first kappa shape index (κ1) is 21.7. The molecule has 0 saturated heterocycles. The average Bonchev–Trinajstić information content (AvgIpc) is 3.56. The maximum Gasteiger partial charge on any atom is 0.416 e. The predicted octanol–water partition coefficient (Wildman–Crippen LogP) is 3.07. The minimum Gasteiger partial charge on any atom is -0.348 e. The smallest absolute Gasteiger partial charge is 0.348 e. The van der Waals surface area contributed by atoms with Crippen LogP contribution < -0.4 is 16.6 Å². The third-order valence-electron chi connectivity index (χ3n) is 5.34. The zero-order chi connectivity index (χ0) is 23.2. The summed E-state index contributed by atoms with van der Waals surface area (Å²) in [5.74, 6) is -1.77. The number of hydrogen-bond donors (Lipinski definition) is 2. The second kappa shape index (κ2) is 7.88. The van der Waals surface area contributed by atoms with Gasteiger partial charge in [-0.1, -0.05) is 6.07 Å². The van der Waals surface area contributed by atoms with Gasteiger partial charge in [-0.3, -0.25) is 19.1 Å². The van der Waals surface area contributed by atoms with Crippen LogP contribution in [0.2, 0.25) is 0 Å². The molecule has 1 aliphatic rings. The van der Waals surface area contributed by atoms with Gasteiger partial charge in [0.05, 0.1) is 16.5 Å². The van der Waals surface area contributed by atoms with Crippen molar-refractivity contribution in [3.63, 3.8) is 0 Å². The van der Waals surface area contributed by atoms with E-state index in [1.54, 1.807) is 6.92 Å².